The van der Waals surface area contributed by atoms with E-state index in [2.05, 4.69) is 0 Å². The second-order valence-corrected chi connectivity index (χ2v) is 4.01. The predicted octanol–water partition coefficient (Wildman–Crippen LogP) is 1.98. The Balaban J connectivity index is 2.68. The van der Waals surface area contributed by atoms with Crippen molar-refractivity contribution in [2.75, 3.05) is 27.2 Å². The number of likely N-dealkylation sites (N-methyl/N-ethyl adjacent to an activating group) is 1. The zero-order valence-corrected chi connectivity index (χ0v) is 9.99. The van der Waals surface area contributed by atoms with E-state index in [0.717, 1.165) is 6.54 Å². The molecule has 0 heterocycles. The lowest BCUT2D eigenvalue weighted by atomic mass is 10.2. The van der Waals surface area contributed by atoms with Gasteiger partial charge in [-0.15, -0.1) is 0 Å². The lowest BCUT2D eigenvalue weighted by Gasteiger charge is -2.11. The van der Waals surface area contributed by atoms with Gasteiger partial charge in [0.25, 0.3) is 0 Å². The number of benzene rings is 1. The number of carboxylic acids is 1. The van der Waals surface area contributed by atoms with Crippen molar-refractivity contribution in [2.24, 2.45) is 0 Å². The van der Waals surface area contributed by atoms with E-state index in [4.69, 9.17) is 21.4 Å². The smallest absolute Gasteiger partial charge is 0.337 e. The second kappa shape index (κ2) is 5.72. The van der Waals surface area contributed by atoms with E-state index in [1.165, 1.54) is 12.1 Å². The summed E-state index contributed by atoms with van der Waals surface area (Å²) in [4.78, 5) is 12.8. The van der Waals surface area contributed by atoms with Crippen LogP contribution >= 0.6 is 11.6 Å². The molecule has 1 rings (SSSR count). The molecular formula is C11H14ClNO3. The van der Waals surface area contributed by atoms with Crippen LogP contribution in [0, 0.1) is 0 Å². The highest BCUT2D eigenvalue weighted by atomic mass is 35.5. The number of nitrogens with zero attached hydrogens (tertiary/aromatic N) is 1. The van der Waals surface area contributed by atoms with Gasteiger partial charge >= 0.3 is 5.97 Å². The van der Waals surface area contributed by atoms with Gasteiger partial charge in [-0.2, -0.15) is 0 Å². The molecule has 0 saturated carbocycles. The van der Waals surface area contributed by atoms with Gasteiger partial charge in [0, 0.05) is 6.54 Å². The number of carboxylic acid groups (broad SMARTS) is 1. The van der Waals surface area contributed by atoms with E-state index >= 15 is 0 Å². The Hall–Kier alpha value is -1.26. The summed E-state index contributed by atoms with van der Waals surface area (Å²) >= 11 is 5.73. The standard InChI is InChI=1S/C11H14ClNO3/c1-13(2)5-6-16-8-3-4-10(12)9(7-8)11(14)15/h3-4,7H,5-6H2,1-2H3,(H,14,15). The van der Waals surface area contributed by atoms with Crippen molar-refractivity contribution in [3.05, 3.63) is 28.8 Å². The lowest BCUT2D eigenvalue weighted by Crippen LogP contribution is -2.19. The first-order valence-electron chi connectivity index (χ1n) is 4.81. The van der Waals surface area contributed by atoms with Gasteiger partial charge in [0.05, 0.1) is 10.6 Å². The first kappa shape index (κ1) is 12.8. The van der Waals surface area contributed by atoms with Crippen LogP contribution in [0.25, 0.3) is 0 Å². The Kier molecular flexibility index (Phi) is 4.58. The van der Waals surface area contributed by atoms with Crippen LogP contribution in [0.3, 0.4) is 0 Å². The highest BCUT2D eigenvalue weighted by Gasteiger charge is 2.09. The van der Waals surface area contributed by atoms with E-state index in [0.29, 0.717) is 12.4 Å². The monoisotopic (exact) mass is 243 g/mol. The molecule has 0 aliphatic rings. The van der Waals surface area contributed by atoms with Gasteiger partial charge in [0.15, 0.2) is 0 Å². The van der Waals surface area contributed by atoms with E-state index in [9.17, 15) is 4.79 Å². The average molecular weight is 244 g/mol. The number of rotatable bonds is 5. The maximum Gasteiger partial charge on any atom is 0.337 e. The molecule has 0 radical (unpaired) electrons. The zero-order chi connectivity index (χ0) is 12.1. The third-order valence-corrected chi connectivity index (χ3v) is 2.31. The summed E-state index contributed by atoms with van der Waals surface area (Å²) in [5, 5.41) is 9.07. The number of halogens is 1. The molecule has 0 unspecified atom stereocenters. The van der Waals surface area contributed by atoms with E-state index < -0.39 is 5.97 Å². The predicted molar refractivity (Wildman–Crippen MR) is 62.5 cm³/mol. The van der Waals surface area contributed by atoms with Crippen molar-refractivity contribution in [1.82, 2.24) is 4.90 Å². The van der Waals surface area contributed by atoms with E-state index in [1.807, 2.05) is 19.0 Å². The number of hydrogen-bond acceptors (Lipinski definition) is 3. The molecule has 5 heteroatoms. The SMILES string of the molecule is CN(C)CCOc1ccc(Cl)c(C(=O)O)c1. The van der Waals surface area contributed by atoms with Crippen LogP contribution in [-0.4, -0.2) is 43.2 Å². The van der Waals surface area contributed by atoms with Crippen LogP contribution in [0.1, 0.15) is 10.4 Å². The van der Waals surface area contributed by atoms with E-state index in [1.54, 1.807) is 6.07 Å². The fourth-order valence-corrected chi connectivity index (χ4v) is 1.30. The Morgan fingerprint density at radius 1 is 1.50 bits per heavy atom. The van der Waals surface area contributed by atoms with Crippen LogP contribution in [0.5, 0.6) is 5.75 Å². The summed E-state index contributed by atoms with van der Waals surface area (Å²) in [6.45, 7) is 1.28. The molecule has 1 N–H and O–H groups in total. The fourth-order valence-electron chi connectivity index (χ4n) is 1.10. The summed E-state index contributed by atoms with van der Waals surface area (Å²) < 4.78 is 5.40. The Bertz CT molecular complexity index is 379. The fraction of sp³-hybridized carbons (Fsp3) is 0.364. The third kappa shape index (κ3) is 3.72. The van der Waals surface area contributed by atoms with Crippen LogP contribution in [-0.2, 0) is 0 Å². The van der Waals surface area contributed by atoms with Crippen LogP contribution in [0.2, 0.25) is 5.02 Å². The molecule has 0 saturated heterocycles. The maximum absolute atomic E-state index is 10.8. The number of ether oxygens (including phenoxy) is 1. The van der Waals surface area contributed by atoms with Crippen molar-refractivity contribution < 1.29 is 14.6 Å². The molecule has 1 aromatic carbocycles. The highest BCUT2D eigenvalue weighted by Crippen LogP contribution is 2.21. The molecule has 0 bridgehead atoms. The van der Waals surface area contributed by atoms with Gasteiger partial charge in [0.1, 0.15) is 12.4 Å². The van der Waals surface area contributed by atoms with Crippen molar-refractivity contribution in [3.8, 4) is 5.75 Å². The van der Waals surface area contributed by atoms with Crippen molar-refractivity contribution in [2.45, 2.75) is 0 Å². The lowest BCUT2D eigenvalue weighted by molar-refractivity contribution is 0.0696. The van der Waals surface area contributed by atoms with Crippen LogP contribution < -0.4 is 4.74 Å². The third-order valence-electron chi connectivity index (χ3n) is 1.98. The maximum atomic E-state index is 10.8. The summed E-state index contributed by atoms with van der Waals surface area (Å²) in [5.41, 5.74) is 0.0593. The summed E-state index contributed by atoms with van der Waals surface area (Å²) in [7, 11) is 3.88. The van der Waals surface area contributed by atoms with Gasteiger partial charge in [-0.05, 0) is 32.3 Å². The van der Waals surface area contributed by atoms with Gasteiger partial charge < -0.3 is 14.7 Å². The quantitative estimate of drug-likeness (QED) is 0.859. The summed E-state index contributed by atoms with van der Waals surface area (Å²) in [6.07, 6.45) is 0. The molecule has 0 fully saturated rings. The average Bonchev–Trinajstić information content (AvgIpc) is 2.19. The number of carbonyl (C=O) groups is 1. The minimum atomic E-state index is -1.05. The normalized spacial score (nSPS) is 10.5. The summed E-state index contributed by atoms with van der Waals surface area (Å²) in [6, 6.07) is 4.61. The molecule has 16 heavy (non-hydrogen) atoms. The zero-order valence-electron chi connectivity index (χ0n) is 9.24. The van der Waals surface area contributed by atoms with Crippen molar-refractivity contribution in [3.63, 3.8) is 0 Å². The molecule has 0 aliphatic heterocycles. The molecule has 0 amide bonds. The second-order valence-electron chi connectivity index (χ2n) is 3.60. The van der Waals surface area contributed by atoms with Gasteiger partial charge in [0.2, 0.25) is 0 Å². The minimum Gasteiger partial charge on any atom is -0.492 e. The largest absolute Gasteiger partial charge is 0.492 e. The first-order chi connectivity index (χ1) is 7.50. The molecular weight excluding hydrogens is 230 g/mol. The van der Waals surface area contributed by atoms with Gasteiger partial charge in [-0.25, -0.2) is 4.79 Å². The molecule has 0 aromatic heterocycles. The van der Waals surface area contributed by atoms with Crippen LogP contribution in [0.4, 0.5) is 0 Å². The van der Waals surface area contributed by atoms with Crippen molar-refractivity contribution >= 4 is 17.6 Å². The summed E-state index contributed by atoms with van der Waals surface area (Å²) in [5.74, 6) is -0.535. The first-order valence-corrected chi connectivity index (χ1v) is 5.19. The topological polar surface area (TPSA) is 49.8 Å². The number of aromatic carboxylic acids is 1. The van der Waals surface area contributed by atoms with Crippen molar-refractivity contribution in [1.29, 1.82) is 0 Å². The molecule has 0 atom stereocenters. The van der Waals surface area contributed by atoms with Gasteiger partial charge in [-0.3, -0.25) is 0 Å². The molecule has 88 valence electrons. The molecule has 0 aliphatic carbocycles. The molecule has 0 spiro atoms. The Morgan fingerprint density at radius 2 is 2.19 bits per heavy atom. The minimum absolute atomic E-state index is 0.0593. The highest BCUT2D eigenvalue weighted by molar-refractivity contribution is 6.33. The van der Waals surface area contributed by atoms with Crippen LogP contribution in [0.15, 0.2) is 18.2 Å². The Morgan fingerprint density at radius 3 is 2.75 bits per heavy atom. The van der Waals surface area contributed by atoms with E-state index in [-0.39, 0.29) is 10.6 Å². The van der Waals surface area contributed by atoms with Gasteiger partial charge in [-0.1, -0.05) is 11.6 Å². The number of hydrogen-bond donors (Lipinski definition) is 1. The Labute approximate surface area is 99.4 Å². The molecule has 1 aromatic rings. The molecule has 4 nitrogen and oxygen atoms in total.